The number of aryl methyl sites for hydroxylation is 1. The molecule has 22 heavy (non-hydrogen) atoms. The van der Waals surface area contributed by atoms with Gasteiger partial charge in [-0.3, -0.25) is 0 Å². The summed E-state index contributed by atoms with van der Waals surface area (Å²) in [6.45, 7) is 7.25. The zero-order chi connectivity index (χ0) is 15.3. The molecule has 0 saturated heterocycles. The van der Waals surface area contributed by atoms with Crippen molar-refractivity contribution in [3.8, 4) is 16.9 Å². The van der Waals surface area contributed by atoms with E-state index in [0.29, 0.717) is 12.5 Å². The van der Waals surface area contributed by atoms with Crippen molar-refractivity contribution in [2.45, 2.75) is 33.3 Å². The molecule has 4 rings (SSSR count). The predicted molar refractivity (Wildman–Crippen MR) is 92.5 cm³/mol. The minimum absolute atomic E-state index is 0.546. The molecule has 1 aliphatic rings. The van der Waals surface area contributed by atoms with E-state index in [1.54, 1.807) is 0 Å². The highest BCUT2D eigenvalue weighted by Crippen LogP contribution is 2.42. The number of benzene rings is 3. The second kappa shape index (κ2) is 4.88. The summed E-state index contributed by atoms with van der Waals surface area (Å²) in [7, 11) is 0. The molecule has 0 N–H and O–H groups in total. The Morgan fingerprint density at radius 1 is 0.909 bits per heavy atom. The lowest BCUT2D eigenvalue weighted by Crippen LogP contribution is -2.06. The summed E-state index contributed by atoms with van der Waals surface area (Å²) in [5.41, 5.74) is 6.46. The summed E-state index contributed by atoms with van der Waals surface area (Å²) >= 11 is 0. The zero-order valence-corrected chi connectivity index (χ0v) is 13.3. The Labute approximate surface area is 131 Å². The largest absolute Gasteiger partial charge is 0.488 e. The lowest BCUT2D eigenvalue weighted by Gasteiger charge is -2.23. The van der Waals surface area contributed by atoms with Gasteiger partial charge in [-0.2, -0.15) is 0 Å². The van der Waals surface area contributed by atoms with Gasteiger partial charge in [-0.05, 0) is 34.9 Å². The van der Waals surface area contributed by atoms with Gasteiger partial charge in [0, 0.05) is 10.9 Å². The van der Waals surface area contributed by atoms with Crippen molar-refractivity contribution in [2.75, 3.05) is 0 Å². The van der Waals surface area contributed by atoms with E-state index in [1.165, 1.54) is 38.6 Å². The molecule has 0 unspecified atom stereocenters. The van der Waals surface area contributed by atoms with Crippen LogP contribution in [0.3, 0.4) is 0 Å². The van der Waals surface area contributed by atoms with Crippen LogP contribution in [0, 0.1) is 6.92 Å². The molecule has 1 heteroatoms. The zero-order valence-electron chi connectivity index (χ0n) is 13.3. The van der Waals surface area contributed by atoms with E-state index in [2.05, 4.69) is 69.3 Å². The van der Waals surface area contributed by atoms with Gasteiger partial charge in [-0.25, -0.2) is 0 Å². The van der Waals surface area contributed by atoms with Crippen LogP contribution in [0.2, 0.25) is 0 Å². The maximum atomic E-state index is 6.12. The maximum Gasteiger partial charge on any atom is 0.135 e. The van der Waals surface area contributed by atoms with Crippen molar-refractivity contribution in [3.63, 3.8) is 0 Å². The number of rotatable bonds is 1. The summed E-state index contributed by atoms with van der Waals surface area (Å²) in [5.74, 6) is 1.58. The van der Waals surface area contributed by atoms with Crippen LogP contribution in [0.5, 0.6) is 5.75 Å². The van der Waals surface area contributed by atoms with Crippen molar-refractivity contribution in [2.24, 2.45) is 0 Å². The number of ether oxygens (including phenoxy) is 1. The van der Waals surface area contributed by atoms with Gasteiger partial charge in [0.2, 0.25) is 0 Å². The van der Waals surface area contributed by atoms with Crippen LogP contribution in [-0.2, 0) is 6.61 Å². The maximum absolute atomic E-state index is 6.12. The number of hydrogen-bond acceptors (Lipinski definition) is 1. The van der Waals surface area contributed by atoms with Crippen LogP contribution in [0.1, 0.15) is 36.5 Å². The van der Waals surface area contributed by atoms with E-state index in [4.69, 9.17) is 4.74 Å². The van der Waals surface area contributed by atoms with Crippen molar-refractivity contribution < 1.29 is 4.74 Å². The van der Waals surface area contributed by atoms with Crippen molar-refractivity contribution >= 4 is 10.8 Å². The molecule has 3 aromatic rings. The van der Waals surface area contributed by atoms with Gasteiger partial charge in [0.05, 0.1) is 0 Å². The Morgan fingerprint density at radius 2 is 1.73 bits per heavy atom. The van der Waals surface area contributed by atoms with Gasteiger partial charge >= 0.3 is 0 Å². The molecule has 1 aliphatic heterocycles. The van der Waals surface area contributed by atoms with Crippen molar-refractivity contribution in [1.29, 1.82) is 0 Å². The smallest absolute Gasteiger partial charge is 0.135 e. The highest BCUT2D eigenvalue weighted by atomic mass is 16.5. The second-order valence-electron chi connectivity index (χ2n) is 6.53. The molecule has 0 radical (unpaired) electrons. The molecule has 0 spiro atoms. The Bertz CT molecular complexity index is 874. The molecule has 0 aliphatic carbocycles. The molecule has 0 atom stereocenters. The summed E-state index contributed by atoms with van der Waals surface area (Å²) in [6.07, 6.45) is 0. The van der Waals surface area contributed by atoms with Crippen molar-refractivity contribution in [3.05, 3.63) is 65.2 Å². The topological polar surface area (TPSA) is 9.23 Å². The average molecular weight is 288 g/mol. The van der Waals surface area contributed by atoms with Crippen LogP contribution in [0.25, 0.3) is 21.9 Å². The molecule has 110 valence electrons. The van der Waals surface area contributed by atoms with E-state index >= 15 is 0 Å². The van der Waals surface area contributed by atoms with E-state index in [1.807, 2.05) is 0 Å². The molecular weight excluding hydrogens is 268 g/mol. The first-order valence-corrected chi connectivity index (χ1v) is 7.93. The van der Waals surface area contributed by atoms with Crippen LogP contribution in [0.15, 0.2) is 48.5 Å². The van der Waals surface area contributed by atoms with Crippen LogP contribution >= 0.6 is 0 Å². The molecule has 0 saturated carbocycles. The SMILES string of the molecule is Cc1ccc2c(c1)COc1c-2ccc2cc(C(C)C)ccc12. The third kappa shape index (κ3) is 2.00. The van der Waals surface area contributed by atoms with E-state index in [9.17, 15) is 0 Å². The molecule has 3 aromatic carbocycles. The third-order valence-electron chi connectivity index (χ3n) is 4.58. The van der Waals surface area contributed by atoms with Crippen LogP contribution in [0.4, 0.5) is 0 Å². The summed E-state index contributed by atoms with van der Waals surface area (Å²) in [4.78, 5) is 0. The summed E-state index contributed by atoms with van der Waals surface area (Å²) < 4.78 is 6.12. The highest BCUT2D eigenvalue weighted by molar-refractivity contribution is 5.96. The van der Waals surface area contributed by atoms with Crippen LogP contribution < -0.4 is 4.74 Å². The standard InChI is InChI=1S/C21H20O/c1-13(2)15-5-8-19-16(11-15)6-9-20-18-7-4-14(3)10-17(18)12-22-21(19)20/h4-11,13H,12H2,1-3H3. The Balaban J connectivity index is 1.95. The third-order valence-corrected chi connectivity index (χ3v) is 4.58. The highest BCUT2D eigenvalue weighted by Gasteiger charge is 2.19. The number of fused-ring (bicyclic) bond motifs is 5. The van der Waals surface area contributed by atoms with Gasteiger partial charge in [-0.15, -0.1) is 0 Å². The fourth-order valence-electron chi connectivity index (χ4n) is 3.30. The van der Waals surface area contributed by atoms with Gasteiger partial charge < -0.3 is 4.74 Å². The first kappa shape index (κ1) is 13.4. The first-order chi connectivity index (χ1) is 10.6. The molecule has 0 aromatic heterocycles. The first-order valence-electron chi connectivity index (χ1n) is 7.93. The minimum atomic E-state index is 0.546. The molecule has 0 bridgehead atoms. The second-order valence-corrected chi connectivity index (χ2v) is 6.53. The lowest BCUT2D eigenvalue weighted by molar-refractivity contribution is 0.306. The van der Waals surface area contributed by atoms with Gasteiger partial charge in [0.1, 0.15) is 12.4 Å². The Morgan fingerprint density at radius 3 is 2.55 bits per heavy atom. The molecular formula is C21H20O. The fourth-order valence-corrected chi connectivity index (χ4v) is 3.30. The Kier molecular flexibility index (Phi) is 2.97. The van der Waals surface area contributed by atoms with Gasteiger partial charge in [0.25, 0.3) is 0 Å². The number of hydrogen-bond donors (Lipinski definition) is 0. The molecule has 0 fully saturated rings. The molecule has 0 amide bonds. The quantitative estimate of drug-likeness (QED) is 0.547. The van der Waals surface area contributed by atoms with E-state index < -0.39 is 0 Å². The normalized spacial score (nSPS) is 12.9. The predicted octanol–water partition coefficient (Wildman–Crippen LogP) is 5.83. The van der Waals surface area contributed by atoms with Crippen LogP contribution in [-0.4, -0.2) is 0 Å². The minimum Gasteiger partial charge on any atom is -0.488 e. The monoisotopic (exact) mass is 288 g/mol. The van der Waals surface area contributed by atoms with Crippen molar-refractivity contribution in [1.82, 2.24) is 0 Å². The average Bonchev–Trinajstić information content (AvgIpc) is 2.53. The summed E-state index contributed by atoms with van der Waals surface area (Å²) in [6, 6.07) is 17.8. The Hall–Kier alpha value is -2.28. The fraction of sp³-hybridized carbons (Fsp3) is 0.238. The molecule has 1 nitrogen and oxygen atoms in total. The van der Waals surface area contributed by atoms with E-state index in [0.717, 1.165) is 5.75 Å². The van der Waals surface area contributed by atoms with Gasteiger partial charge in [0.15, 0.2) is 0 Å². The lowest BCUT2D eigenvalue weighted by atomic mass is 9.91. The summed E-state index contributed by atoms with van der Waals surface area (Å²) in [5, 5.41) is 2.48. The van der Waals surface area contributed by atoms with E-state index in [-0.39, 0.29) is 0 Å². The van der Waals surface area contributed by atoms with Gasteiger partial charge in [-0.1, -0.05) is 67.9 Å². The molecule has 1 heterocycles.